The third kappa shape index (κ3) is 2.84. The van der Waals surface area contributed by atoms with Crippen LogP contribution in [-0.2, 0) is 20.0 Å². The monoisotopic (exact) mass is 368 g/mol. The highest BCUT2D eigenvalue weighted by molar-refractivity contribution is 5.80. The molecule has 0 radical (unpaired) electrons. The van der Waals surface area contributed by atoms with Crippen molar-refractivity contribution in [2.75, 3.05) is 0 Å². The molecule has 3 heterocycles. The first-order valence-corrected chi connectivity index (χ1v) is 8.44. The van der Waals surface area contributed by atoms with Crippen molar-refractivity contribution in [3.05, 3.63) is 56.2 Å². The van der Waals surface area contributed by atoms with Crippen LogP contribution in [0.15, 0.2) is 33.5 Å². The molecule has 0 aliphatic carbocycles. The lowest BCUT2D eigenvalue weighted by molar-refractivity contribution is -0.384. The summed E-state index contributed by atoms with van der Waals surface area (Å²) in [6.45, 7) is 2.10. The van der Waals surface area contributed by atoms with Gasteiger partial charge in [-0.05, 0) is 18.6 Å². The Bertz CT molecular complexity index is 1240. The molecule has 27 heavy (non-hydrogen) atoms. The Morgan fingerprint density at radius 2 is 2.11 bits per heavy atom. The van der Waals surface area contributed by atoms with E-state index in [4.69, 9.17) is 4.42 Å². The van der Waals surface area contributed by atoms with Gasteiger partial charge in [0.1, 0.15) is 23.4 Å². The molecule has 4 rings (SSSR count). The predicted molar refractivity (Wildman–Crippen MR) is 96.5 cm³/mol. The molecule has 0 saturated heterocycles. The maximum atomic E-state index is 12.8. The van der Waals surface area contributed by atoms with E-state index in [2.05, 4.69) is 15.4 Å². The van der Waals surface area contributed by atoms with Crippen LogP contribution in [0.1, 0.15) is 24.8 Å². The van der Waals surface area contributed by atoms with Crippen molar-refractivity contribution in [1.29, 1.82) is 0 Å². The molecular formula is C17H16N6O4. The second-order valence-electron chi connectivity index (χ2n) is 6.26. The van der Waals surface area contributed by atoms with E-state index in [1.807, 2.05) is 6.92 Å². The van der Waals surface area contributed by atoms with Crippen molar-refractivity contribution in [1.82, 2.24) is 24.8 Å². The van der Waals surface area contributed by atoms with Gasteiger partial charge in [0.25, 0.3) is 11.2 Å². The van der Waals surface area contributed by atoms with Crippen LogP contribution in [0.5, 0.6) is 0 Å². The number of nitrogens with zero attached hydrogens (tertiary/aromatic N) is 6. The summed E-state index contributed by atoms with van der Waals surface area (Å²) in [5.41, 5.74) is 1.82. The van der Waals surface area contributed by atoms with Gasteiger partial charge in [-0.3, -0.25) is 19.6 Å². The molecule has 1 aromatic carbocycles. The van der Waals surface area contributed by atoms with Gasteiger partial charge in [0, 0.05) is 24.6 Å². The van der Waals surface area contributed by atoms with Crippen molar-refractivity contribution in [3.63, 3.8) is 0 Å². The maximum Gasteiger partial charge on any atom is 0.296 e. The fraction of sp³-hybridized carbons (Fsp3) is 0.294. The molecule has 10 nitrogen and oxygen atoms in total. The van der Waals surface area contributed by atoms with E-state index in [9.17, 15) is 14.9 Å². The average Bonchev–Trinajstić information content (AvgIpc) is 3.17. The molecule has 0 atom stereocenters. The minimum atomic E-state index is -0.466. The van der Waals surface area contributed by atoms with Gasteiger partial charge >= 0.3 is 0 Å². The second-order valence-corrected chi connectivity index (χ2v) is 6.26. The Kier molecular flexibility index (Phi) is 3.94. The largest absolute Gasteiger partial charge is 0.459 e. The fourth-order valence-electron chi connectivity index (χ4n) is 3.11. The summed E-state index contributed by atoms with van der Waals surface area (Å²) in [6, 6.07) is 6.00. The molecule has 3 aromatic heterocycles. The van der Waals surface area contributed by atoms with Crippen LogP contribution in [0.3, 0.4) is 0 Å². The number of aromatic nitrogens is 5. The Morgan fingerprint density at radius 3 is 2.85 bits per heavy atom. The van der Waals surface area contributed by atoms with E-state index in [1.165, 1.54) is 27.6 Å². The molecule has 4 aromatic rings. The van der Waals surface area contributed by atoms with E-state index in [1.54, 1.807) is 13.1 Å². The smallest absolute Gasteiger partial charge is 0.296 e. The van der Waals surface area contributed by atoms with Crippen LogP contribution in [0.2, 0.25) is 0 Å². The van der Waals surface area contributed by atoms with Crippen LogP contribution in [0.4, 0.5) is 5.69 Å². The quantitative estimate of drug-likeness (QED) is 0.391. The molecule has 0 unspecified atom stereocenters. The zero-order valence-electron chi connectivity index (χ0n) is 14.7. The summed E-state index contributed by atoms with van der Waals surface area (Å²) in [6.07, 6.45) is 1.61. The van der Waals surface area contributed by atoms with Crippen molar-refractivity contribution in [3.8, 4) is 0 Å². The normalized spacial score (nSPS) is 11.5. The van der Waals surface area contributed by atoms with Gasteiger partial charge in [-0.15, -0.1) is 5.10 Å². The molecule has 0 N–H and O–H groups in total. The first-order chi connectivity index (χ1) is 13.0. The molecule has 0 spiro atoms. The lowest BCUT2D eigenvalue weighted by Gasteiger charge is -2.01. The minimum absolute atomic E-state index is 0.0217. The van der Waals surface area contributed by atoms with Crippen molar-refractivity contribution in [2.45, 2.75) is 26.3 Å². The summed E-state index contributed by atoms with van der Waals surface area (Å²) in [5.74, 6) is 0.456. The third-order valence-electron chi connectivity index (χ3n) is 4.34. The molecule has 0 saturated carbocycles. The Hall–Kier alpha value is -3.56. The highest BCUT2D eigenvalue weighted by atomic mass is 16.6. The van der Waals surface area contributed by atoms with E-state index < -0.39 is 4.92 Å². The van der Waals surface area contributed by atoms with E-state index in [0.29, 0.717) is 27.8 Å². The zero-order valence-corrected chi connectivity index (χ0v) is 14.7. The van der Waals surface area contributed by atoms with Crippen LogP contribution in [0.25, 0.3) is 22.0 Å². The van der Waals surface area contributed by atoms with E-state index in [-0.39, 0.29) is 17.8 Å². The molecule has 0 aliphatic heterocycles. The number of nitro groups is 1. The van der Waals surface area contributed by atoms with Gasteiger partial charge in [0.2, 0.25) is 0 Å². The van der Waals surface area contributed by atoms with Gasteiger partial charge in [0.05, 0.1) is 10.6 Å². The highest BCUT2D eigenvalue weighted by Gasteiger charge is 2.17. The van der Waals surface area contributed by atoms with Crippen molar-refractivity contribution >= 4 is 27.7 Å². The van der Waals surface area contributed by atoms with Gasteiger partial charge in [-0.1, -0.05) is 18.6 Å². The maximum absolute atomic E-state index is 12.8. The van der Waals surface area contributed by atoms with Crippen molar-refractivity contribution in [2.24, 2.45) is 7.05 Å². The van der Waals surface area contributed by atoms with Gasteiger partial charge in [-0.25, -0.2) is 4.68 Å². The van der Waals surface area contributed by atoms with Crippen LogP contribution in [0, 0.1) is 10.1 Å². The number of fused-ring (bicyclic) bond motifs is 2. The topological polar surface area (TPSA) is 122 Å². The predicted octanol–water partition coefficient (Wildman–Crippen LogP) is 2.18. The second kappa shape index (κ2) is 6.31. The Balaban J connectivity index is 1.74. The summed E-state index contributed by atoms with van der Waals surface area (Å²) in [4.78, 5) is 23.2. The van der Waals surface area contributed by atoms with Crippen LogP contribution in [-0.4, -0.2) is 29.7 Å². The first-order valence-electron chi connectivity index (χ1n) is 8.44. The lowest BCUT2D eigenvalue weighted by atomic mass is 10.2. The summed E-state index contributed by atoms with van der Waals surface area (Å²) in [5, 5.41) is 24.0. The molecule has 0 bridgehead atoms. The lowest BCUT2D eigenvalue weighted by Crippen LogP contribution is -2.25. The van der Waals surface area contributed by atoms with E-state index >= 15 is 0 Å². The summed E-state index contributed by atoms with van der Waals surface area (Å²) < 4.78 is 8.40. The first kappa shape index (κ1) is 16.9. The number of aryl methyl sites for hydroxylation is 2. The zero-order chi connectivity index (χ0) is 19.1. The molecule has 0 fully saturated rings. The Labute approximate surface area is 152 Å². The number of rotatable bonds is 5. The fourth-order valence-corrected chi connectivity index (χ4v) is 3.11. The minimum Gasteiger partial charge on any atom is -0.459 e. The molecule has 10 heteroatoms. The summed E-state index contributed by atoms with van der Waals surface area (Å²) >= 11 is 0. The number of hydrogen-bond donors (Lipinski definition) is 0. The number of nitro benzene ring substituents is 1. The average molecular weight is 368 g/mol. The number of benzene rings is 1. The number of furan rings is 1. The molecular weight excluding hydrogens is 352 g/mol. The Morgan fingerprint density at radius 1 is 1.30 bits per heavy atom. The molecule has 0 aliphatic rings. The van der Waals surface area contributed by atoms with Gasteiger partial charge in [0.15, 0.2) is 5.52 Å². The van der Waals surface area contributed by atoms with E-state index in [0.717, 1.165) is 18.5 Å². The number of non-ortho nitro benzene ring substituents is 1. The van der Waals surface area contributed by atoms with Crippen LogP contribution >= 0.6 is 0 Å². The SMILES string of the molecule is CCCc1nn(C)c2c(=O)n(Cc3cc4cc([N+](=O)[O-])ccc4o3)nnc12. The van der Waals surface area contributed by atoms with Gasteiger partial charge < -0.3 is 4.42 Å². The van der Waals surface area contributed by atoms with Crippen molar-refractivity contribution < 1.29 is 9.34 Å². The number of hydrogen-bond acceptors (Lipinski definition) is 7. The molecule has 0 amide bonds. The highest BCUT2D eigenvalue weighted by Crippen LogP contribution is 2.24. The third-order valence-corrected chi connectivity index (χ3v) is 4.34. The molecule has 138 valence electrons. The van der Waals surface area contributed by atoms with Gasteiger partial charge in [-0.2, -0.15) is 5.10 Å². The van der Waals surface area contributed by atoms with Crippen LogP contribution < -0.4 is 5.56 Å². The standard InChI is InChI=1S/C17H16N6O4/c1-3-4-13-15-16(21(2)19-13)17(24)22(20-18-15)9-12-8-10-7-11(23(25)26)5-6-14(10)27-12/h5-8H,3-4,9H2,1-2H3. The summed E-state index contributed by atoms with van der Waals surface area (Å²) in [7, 11) is 1.70.